The molecule has 0 saturated carbocycles. The fraction of sp³-hybridized carbons (Fsp3) is 0.941. The number of ether oxygens (including phenoxy) is 1. The molecule has 0 bridgehead atoms. The summed E-state index contributed by atoms with van der Waals surface area (Å²) >= 11 is 0. The van der Waals surface area contributed by atoms with Gasteiger partial charge < -0.3 is 9.84 Å². The first-order chi connectivity index (χ1) is 9.29. The third-order valence-corrected chi connectivity index (χ3v) is 3.86. The van der Waals surface area contributed by atoms with Gasteiger partial charge in [0.2, 0.25) is 0 Å². The molecule has 0 radical (unpaired) electrons. The van der Waals surface area contributed by atoms with Gasteiger partial charge in [0.1, 0.15) is 0 Å². The summed E-state index contributed by atoms with van der Waals surface area (Å²) in [7, 11) is 0. The third kappa shape index (κ3) is 9.35. The molecule has 0 spiro atoms. The van der Waals surface area contributed by atoms with E-state index >= 15 is 0 Å². The molecule has 0 heterocycles. The van der Waals surface area contributed by atoms with Gasteiger partial charge in [0.25, 0.3) is 0 Å². The average Bonchev–Trinajstić information content (AvgIpc) is 2.31. The molecule has 0 aromatic carbocycles. The van der Waals surface area contributed by atoms with E-state index in [1.807, 2.05) is 27.7 Å². The van der Waals surface area contributed by atoms with Crippen LogP contribution in [0.4, 0.5) is 0 Å². The van der Waals surface area contributed by atoms with E-state index in [9.17, 15) is 9.90 Å². The molecular weight excluding hydrogens is 252 g/mol. The second-order valence-corrected chi connectivity index (χ2v) is 6.96. The number of carboxylic acids is 1. The van der Waals surface area contributed by atoms with Crippen LogP contribution in [0.1, 0.15) is 79.6 Å². The molecule has 0 aromatic rings. The molecule has 0 aliphatic rings. The summed E-state index contributed by atoms with van der Waals surface area (Å²) < 4.78 is 5.74. The van der Waals surface area contributed by atoms with Crippen LogP contribution in [0.2, 0.25) is 0 Å². The maximum atomic E-state index is 11.2. The predicted molar refractivity (Wildman–Crippen MR) is 84.0 cm³/mol. The van der Waals surface area contributed by atoms with Crippen LogP contribution in [0.15, 0.2) is 0 Å². The lowest BCUT2D eigenvalue weighted by atomic mass is 9.81. The Balaban J connectivity index is 3.80. The normalized spacial score (nSPS) is 15.1. The van der Waals surface area contributed by atoms with Gasteiger partial charge in [-0.25, -0.2) is 0 Å². The lowest BCUT2D eigenvalue weighted by Gasteiger charge is -2.28. The molecule has 0 saturated heterocycles. The second-order valence-electron chi connectivity index (χ2n) is 6.96. The van der Waals surface area contributed by atoms with Gasteiger partial charge in [0.15, 0.2) is 0 Å². The minimum atomic E-state index is -0.760. The van der Waals surface area contributed by atoms with Crippen molar-refractivity contribution in [2.24, 2.45) is 11.3 Å². The van der Waals surface area contributed by atoms with E-state index in [1.165, 1.54) is 38.5 Å². The van der Waals surface area contributed by atoms with E-state index in [2.05, 4.69) is 6.92 Å². The summed E-state index contributed by atoms with van der Waals surface area (Å²) in [5.41, 5.74) is -0.258. The zero-order chi connectivity index (χ0) is 15.6. The van der Waals surface area contributed by atoms with Crippen molar-refractivity contribution in [1.29, 1.82) is 0 Å². The highest BCUT2D eigenvalue weighted by atomic mass is 16.5. The lowest BCUT2D eigenvalue weighted by molar-refractivity contribution is -0.149. The maximum Gasteiger partial charge on any atom is 0.309 e. The predicted octanol–water partition coefficient (Wildman–Crippen LogP) is 4.89. The van der Waals surface area contributed by atoms with Gasteiger partial charge in [0, 0.05) is 0 Å². The largest absolute Gasteiger partial charge is 0.481 e. The minimum Gasteiger partial charge on any atom is -0.481 e. The minimum absolute atomic E-state index is 0.158. The first kappa shape index (κ1) is 19.4. The Bertz CT molecular complexity index is 255. The second kappa shape index (κ2) is 10.2. The van der Waals surface area contributed by atoms with E-state index in [0.717, 1.165) is 6.42 Å². The fourth-order valence-corrected chi connectivity index (χ4v) is 2.25. The molecule has 0 aliphatic carbocycles. The number of hydrogen-bond acceptors (Lipinski definition) is 2. The van der Waals surface area contributed by atoms with Gasteiger partial charge >= 0.3 is 5.97 Å². The standard InChI is InChI=1S/C17H34O3/c1-6-7-8-9-10-11-12-14(2)20-13-15(16(18)19)17(3,4)5/h14-15H,6-13H2,1-5H3,(H,18,19). The van der Waals surface area contributed by atoms with E-state index in [0.29, 0.717) is 6.61 Å². The highest BCUT2D eigenvalue weighted by Gasteiger charge is 2.31. The van der Waals surface area contributed by atoms with Crippen LogP contribution in [0, 0.1) is 11.3 Å². The molecule has 3 nitrogen and oxygen atoms in total. The first-order valence-corrected chi connectivity index (χ1v) is 8.13. The van der Waals surface area contributed by atoms with Gasteiger partial charge in [-0.1, -0.05) is 66.2 Å². The van der Waals surface area contributed by atoms with Crippen LogP contribution in [0.5, 0.6) is 0 Å². The summed E-state index contributed by atoms with van der Waals surface area (Å²) in [5.74, 6) is -1.20. The van der Waals surface area contributed by atoms with Crippen LogP contribution in [0.3, 0.4) is 0 Å². The van der Waals surface area contributed by atoms with Gasteiger partial charge in [-0.3, -0.25) is 4.79 Å². The Hall–Kier alpha value is -0.570. The number of rotatable bonds is 11. The fourth-order valence-electron chi connectivity index (χ4n) is 2.25. The Morgan fingerprint density at radius 2 is 1.65 bits per heavy atom. The molecule has 3 heteroatoms. The highest BCUT2D eigenvalue weighted by Crippen LogP contribution is 2.27. The molecular formula is C17H34O3. The number of unbranched alkanes of at least 4 members (excludes halogenated alkanes) is 5. The zero-order valence-electron chi connectivity index (χ0n) is 14.1. The van der Waals surface area contributed by atoms with Gasteiger partial charge in [-0.15, -0.1) is 0 Å². The molecule has 0 rings (SSSR count). The number of carboxylic acid groups (broad SMARTS) is 1. The topological polar surface area (TPSA) is 46.5 Å². The van der Waals surface area contributed by atoms with Crippen molar-refractivity contribution < 1.29 is 14.6 Å². The van der Waals surface area contributed by atoms with Crippen molar-refractivity contribution in [3.05, 3.63) is 0 Å². The summed E-state index contributed by atoms with van der Waals surface area (Å²) in [6.07, 6.45) is 8.87. The Morgan fingerprint density at radius 3 is 2.15 bits per heavy atom. The van der Waals surface area contributed by atoms with Crippen molar-refractivity contribution in [1.82, 2.24) is 0 Å². The lowest BCUT2D eigenvalue weighted by Crippen LogP contribution is -2.33. The summed E-state index contributed by atoms with van der Waals surface area (Å²) in [4.78, 5) is 11.2. The van der Waals surface area contributed by atoms with E-state index < -0.39 is 11.9 Å². The Kier molecular flexibility index (Phi) is 9.91. The summed E-state index contributed by atoms with van der Waals surface area (Å²) in [6, 6.07) is 0. The highest BCUT2D eigenvalue weighted by molar-refractivity contribution is 5.71. The molecule has 2 unspecified atom stereocenters. The molecule has 0 aliphatic heterocycles. The van der Waals surface area contributed by atoms with Crippen molar-refractivity contribution in [3.63, 3.8) is 0 Å². The van der Waals surface area contributed by atoms with Crippen LogP contribution in [0.25, 0.3) is 0 Å². The smallest absolute Gasteiger partial charge is 0.309 e. The number of aliphatic carboxylic acids is 1. The van der Waals surface area contributed by atoms with E-state index in [4.69, 9.17) is 4.74 Å². The molecule has 2 atom stereocenters. The van der Waals surface area contributed by atoms with Crippen LogP contribution in [-0.4, -0.2) is 23.8 Å². The van der Waals surface area contributed by atoms with Crippen LogP contribution >= 0.6 is 0 Å². The monoisotopic (exact) mass is 286 g/mol. The summed E-state index contributed by atoms with van der Waals surface area (Å²) in [6.45, 7) is 10.4. The van der Waals surface area contributed by atoms with Crippen LogP contribution < -0.4 is 0 Å². The van der Waals surface area contributed by atoms with E-state index in [1.54, 1.807) is 0 Å². The van der Waals surface area contributed by atoms with Gasteiger partial charge in [-0.2, -0.15) is 0 Å². The maximum absolute atomic E-state index is 11.2. The van der Waals surface area contributed by atoms with Gasteiger partial charge in [0.05, 0.1) is 18.6 Å². The van der Waals surface area contributed by atoms with Gasteiger partial charge in [-0.05, 0) is 18.8 Å². The Morgan fingerprint density at radius 1 is 1.10 bits per heavy atom. The Labute approximate surface area is 125 Å². The van der Waals surface area contributed by atoms with Crippen molar-refractivity contribution in [3.8, 4) is 0 Å². The third-order valence-electron chi connectivity index (χ3n) is 3.86. The molecule has 120 valence electrons. The molecule has 0 amide bonds. The number of carbonyl (C=O) groups is 1. The number of hydrogen-bond donors (Lipinski definition) is 1. The van der Waals surface area contributed by atoms with E-state index in [-0.39, 0.29) is 11.5 Å². The molecule has 0 fully saturated rings. The van der Waals surface area contributed by atoms with Crippen molar-refractivity contribution in [2.75, 3.05) is 6.61 Å². The molecule has 1 N–H and O–H groups in total. The van der Waals surface area contributed by atoms with Crippen LogP contribution in [-0.2, 0) is 9.53 Å². The van der Waals surface area contributed by atoms with Crippen molar-refractivity contribution >= 4 is 5.97 Å². The average molecular weight is 286 g/mol. The molecule has 20 heavy (non-hydrogen) atoms. The SMILES string of the molecule is CCCCCCCCC(C)OCC(C(=O)O)C(C)(C)C. The first-order valence-electron chi connectivity index (χ1n) is 8.13. The zero-order valence-corrected chi connectivity index (χ0v) is 14.1. The van der Waals surface area contributed by atoms with Crippen molar-refractivity contribution in [2.45, 2.75) is 85.7 Å². The molecule has 0 aromatic heterocycles. The quantitative estimate of drug-likeness (QED) is 0.550. The summed E-state index contributed by atoms with van der Waals surface area (Å²) in [5, 5.41) is 9.24.